The van der Waals surface area contributed by atoms with Crippen molar-refractivity contribution in [3.63, 3.8) is 0 Å². The fraction of sp³-hybridized carbons (Fsp3) is 0.478. The maximum Gasteiger partial charge on any atom is 0.336 e. The average Bonchev–Trinajstić information content (AvgIpc) is 3.59. The van der Waals surface area contributed by atoms with Crippen LogP contribution in [-0.2, 0) is 9.53 Å². The van der Waals surface area contributed by atoms with E-state index in [9.17, 15) is 14.4 Å². The molecule has 2 aliphatic carbocycles. The Bertz CT molecular complexity index is 939. The summed E-state index contributed by atoms with van der Waals surface area (Å²) in [5.41, 5.74) is 2.88. The summed E-state index contributed by atoms with van der Waals surface area (Å²) in [4.78, 5) is 13.2. The van der Waals surface area contributed by atoms with Crippen LogP contribution < -0.4 is 5.32 Å². The Hall–Kier alpha value is -2.32. The molecule has 6 heteroatoms. The van der Waals surface area contributed by atoms with Crippen LogP contribution in [0.2, 0.25) is 5.02 Å². The molecule has 152 valence electrons. The van der Waals surface area contributed by atoms with Gasteiger partial charge in [0.2, 0.25) is 0 Å². The van der Waals surface area contributed by atoms with Gasteiger partial charge in [0, 0.05) is 16.4 Å². The number of hydrogen-bond acceptors (Lipinski definition) is 4. The molecular weight excluding hydrogens is 391 g/mol. The molecule has 1 atom stereocenters. The monoisotopic (exact) mass is 414 g/mol. The fourth-order valence-corrected chi connectivity index (χ4v) is 4.12. The van der Waals surface area contributed by atoms with Crippen LogP contribution in [0.15, 0.2) is 40.7 Å². The van der Waals surface area contributed by atoms with Crippen molar-refractivity contribution in [3.05, 3.63) is 57.1 Å². The lowest BCUT2D eigenvalue weighted by molar-refractivity contribution is -0.139. The number of allylic oxidation sites excluding steroid dienone is 3. The van der Waals surface area contributed by atoms with Crippen molar-refractivity contribution >= 4 is 17.6 Å². The van der Waals surface area contributed by atoms with E-state index in [1.54, 1.807) is 6.07 Å². The van der Waals surface area contributed by atoms with Crippen molar-refractivity contribution in [2.45, 2.75) is 51.4 Å². The van der Waals surface area contributed by atoms with E-state index in [2.05, 4.69) is 11.4 Å². The van der Waals surface area contributed by atoms with Crippen LogP contribution in [0, 0.1) is 29.0 Å². The van der Waals surface area contributed by atoms with E-state index in [-0.39, 0.29) is 5.02 Å². The number of nitrogens with one attached hydrogen (secondary N) is 1. The lowest BCUT2D eigenvalue weighted by Crippen LogP contribution is -2.30. The van der Waals surface area contributed by atoms with Crippen molar-refractivity contribution in [1.82, 2.24) is 5.32 Å². The van der Waals surface area contributed by atoms with Crippen molar-refractivity contribution in [3.8, 4) is 6.07 Å². The van der Waals surface area contributed by atoms with E-state index >= 15 is 0 Å². The first-order valence-corrected chi connectivity index (χ1v) is 10.6. The molecule has 1 aliphatic heterocycles. The molecule has 0 spiro atoms. The molecular formula is C23H24ClFN2O2. The van der Waals surface area contributed by atoms with Gasteiger partial charge in [-0.2, -0.15) is 5.26 Å². The van der Waals surface area contributed by atoms with E-state index < -0.39 is 17.7 Å². The Labute approximate surface area is 175 Å². The first-order valence-electron chi connectivity index (χ1n) is 10.2. The predicted molar refractivity (Wildman–Crippen MR) is 108 cm³/mol. The summed E-state index contributed by atoms with van der Waals surface area (Å²) in [6.07, 6.45) is 6.30. The molecule has 1 aromatic carbocycles. The summed E-state index contributed by atoms with van der Waals surface area (Å²) >= 11 is 6.36. The SMILES string of the molecule is CC1=C(C#N)C(c2ccc(F)cc2Cl)C(C(=O)OCC2CC2)=C(CCC2CC2)N1. The number of nitrogens with zero attached hydrogens (tertiary/aromatic N) is 1. The molecule has 0 amide bonds. The van der Waals surface area contributed by atoms with Crippen molar-refractivity contribution in [2.24, 2.45) is 11.8 Å². The number of benzene rings is 1. The summed E-state index contributed by atoms with van der Waals surface area (Å²) in [6.45, 7) is 2.22. The first kappa shape index (κ1) is 20.0. The normalized spacial score (nSPS) is 21.7. The molecule has 29 heavy (non-hydrogen) atoms. The van der Waals surface area contributed by atoms with Gasteiger partial charge in [-0.1, -0.05) is 30.5 Å². The van der Waals surface area contributed by atoms with E-state index in [4.69, 9.17) is 16.3 Å². The average molecular weight is 415 g/mol. The number of carbonyl (C=O) groups excluding carboxylic acids is 1. The lowest BCUT2D eigenvalue weighted by Gasteiger charge is -2.30. The van der Waals surface area contributed by atoms with Crippen LogP contribution in [0.3, 0.4) is 0 Å². The quantitative estimate of drug-likeness (QED) is 0.610. The highest BCUT2D eigenvalue weighted by Gasteiger charge is 2.37. The number of nitriles is 1. The van der Waals surface area contributed by atoms with E-state index in [0.717, 1.165) is 25.0 Å². The molecule has 3 aliphatic rings. The first-order chi connectivity index (χ1) is 14.0. The highest BCUT2D eigenvalue weighted by atomic mass is 35.5. The molecule has 2 fully saturated rings. The van der Waals surface area contributed by atoms with Gasteiger partial charge in [-0.25, -0.2) is 9.18 Å². The Morgan fingerprint density at radius 1 is 1.31 bits per heavy atom. The minimum atomic E-state index is -0.657. The molecule has 1 N–H and O–H groups in total. The van der Waals surface area contributed by atoms with Gasteiger partial charge in [0.05, 0.1) is 29.7 Å². The van der Waals surface area contributed by atoms with E-state index in [1.807, 2.05) is 6.92 Å². The fourth-order valence-electron chi connectivity index (χ4n) is 3.84. The topological polar surface area (TPSA) is 62.1 Å². The minimum absolute atomic E-state index is 0.200. The molecule has 0 radical (unpaired) electrons. The Morgan fingerprint density at radius 3 is 2.66 bits per heavy atom. The Balaban J connectivity index is 1.75. The third-order valence-corrected chi connectivity index (χ3v) is 6.23. The second-order valence-electron chi connectivity index (χ2n) is 8.29. The number of dihydropyridines is 1. The summed E-state index contributed by atoms with van der Waals surface area (Å²) in [7, 11) is 0. The van der Waals surface area contributed by atoms with E-state index in [0.29, 0.717) is 47.3 Å². The highest BCUT2D eigenvalue weighted by Crippen LogP contribution is 2.43. The zero-order valence-corrected chi connectivity index (χ0v) is 17.2. The number of halogens is 2. The molecule has 0 bridgehead atoms. The second-order valence-corrected chi connectivity index (χ2v) is 8.70. The van der Waals surface area contributed by atoms with Gasteiger partial charge in [-0.15, -0.1) is 0 Å². The summed E-state index contributed by atoms with van der Waals surface area (Å²) in [5.74, 6) is -0.395. The molecule has 4 rings (SSSR count). The third kappa shape index (κ3) is 4.48. The summed E-state index contributed by atoms with van der Waals surface area (Å²) < 4.78 is 19.3. The molecule has 1 heterocycles. The van der Waals surface area contributed by atoms with Crippen LogP contribution in [-0.4, -0.2) is 12.6 Å². The van der Waals surface area contributed by atoms with Crippen LogP contribution in [0.5, 0.6) is 0 Å². The lowest BCUT2D eigenvalue weighted by atomic mass is 9.80. The Morgan fingerprint density at radius 2 is 2.03 bits per heavy atom. The van der Waals surface area contributed by atoms with Crippen LogP contribution in [0.1, 0.15) is 56.9 Å². The van der Waals surface area contributed by atoms with Crippen molar-refractivity contribution in [2.75, 3.05) is 6.61 Å². The van der Waals surface area contributed by atoms with Crippen LogP contribution in [0.25, 0.3) is 0 Å². The smallest absolute Gasteiger partial charge is 0.336 e. The molecule has 0 aromatic heterocycles. The van der Waals surface area contributed by atoms with Crippen LogP contribution in [0.4, 0.5) is 4.39 Å². The minimum Gasteiger partial charge on any atom is -0.462 e. The number of esters is 1. The molecule has 1 unspecified atom stereocenters. The van der Waals surface area contributed by atoms with Crippen molar-refractivity contribution in [1.29, 1.82) is 5.26 Å². The number of hydrogen-bond donors (Lipinski definition) is 1. The molecule has 2 saturated carbocycles. The van der Waals surface area contributed by atoms with Gasteiger partial charge in [0.1, 0.15) is 5.82 Å². The molecule has 4 nitrogen and oxygen atoms in total. The standard InChI is InChI=1S/C23H24ClFN2O2/c1-13-18(11-26)21(17-8-7-16(25)10-19(17)24)22(23(28)29-12-15-4-5-15)20(27-13)9-6-14-2-3-14/h7-8,10,14-15,21,27H,2-6,9,12H2,1H3. The molecule has 1 aromatic rings. The maximum absolute atomic E-state index is 13.7. The summed E-state index contributed by atoms with van der Waals surface area (Å²) in [5, 5.41) is 13.3. The van der Waals surface area contributed by atoms with Crippen LogP contribution >= 0.6 is 11.6 Å². The van der Waals surface area contributed by atoms with Gasteiger partial charge < -0.3 is 10.1 Å². The van der Waals surface area contributed by atoms with Gasteiger partial charge in [-0.05, 0) is 62.1 Å². The Kier molecular flexibility index (Phi) is 5.65. The zero-order valence-electron chi connectivity index (χ0n) is 16.4. The van der Waals surface area contributed by atoms with Gasteiger partial charge >= 0.3 is 5.97 Å². The third-order valence-electron chi connectivity index (χ3n) is 5.91. The largest absolute Gasteiger partial charge is 0.462 e. The van der Waals surface area contributed by atoms with Crippen molar-refractivity contribution < 1.29 is 13.9 Å². The number of rotatable bonds is 7. The van der Waals surface area contributed by atoms with Gasteiger partial charge in [0.25, 0.3) is 0 Å². The number of carbonyl (C=O) groups is 1. The van der Waals surface area contributed by atoms with E-state index in [1.165, 1.54) is 25.0 Å². The zero-order chi connectivity index (χ0) is 20.5. The maximum atomic E-state index is 13.7. The van der Waals surface area contributed by atoms with Gasteiger partial charge in [0.15, 0.2) is 0 Å². The predicted octanol–water partition coefficient (Wildman–Crippen LogP) is 5.36. The highest BCUT2D eigenvalue weighted by molar-refractivity contribution is 6.31. The summed E-state index contributed by atoms with van der Waals surface area (Å²) in [6, 6.07) is 6.32. The van der Waals surface area contributed by atoms with Gasteiger partial charge in [-0.3, -0.25) is 0 Å². The number of ether oxygens (including phenoxy) is 1. The molecule has 0 saturated heterocycles. The second kappa shape index (κ2) is 8.20.